The van der Waals surface area contributed by atoms with Gasteiger partial charge >= 0.3 is 5.97 Å². The van der Waals surface area contributed by atoms with Crippen LogP contribution in [0.15, 0.2) is 12.1 Å². The fraction of sp³-hybridized carbons (Fsp3) is 0.562. The lowest BCUT2D eigenvalue weighted by Crippen LogP contribution is -2.34. The molecule has 6 nitrogen and oxygen atoms in total. The number of nitrogens with zero attached hydrogens (tertiary/aromatic N) is 2. The summed E-state index contributed by atoms with van der Waals surface area (Å²) < 4.78 is 5.53. The Hall–Kier alpha value is -1.95. The Morgan fingerprint density at radius 1 is 1.32 bits per heavy atom. The van der Waals surface area contributed by atoms with Gasteiger partial charge in [0.25, 0.3) is 5.91 Å². The molecule has 2 rings (SSSR count). The SMILES string of the molecule is COC1(C)CCCN(C(=O)c2ccc(C(=O)O)c(C)n2)CC1. The van der Waals surface area contributed by atoms with Gasteiger partial charge in [-0.05, 0) is 45.2 Å². The first kappa shape index (κ1) is 16.4. The highest BCUT2D eigenvalue weighted by Gasteiger charge is 2.30. The predicted molar refractivity (Wildman–Crippen MR) is 81.1 cm³/mol. The summed E-state index contributed by atoms with van der Waals surface area (Å²) in [5.41, 5.74) is 0.587. The zero-order valence-electron chi connectivity index (χ0n) is 13.3. The Labute approximate surface area is 130 Å². The van der Waals surface area contributed by atoms with E-state index in [0.29, 0.717) is 24.5 Å². The van der Waals surface area contributed by atoms with Gasteiger partial charge in [0.15, 0.2) is 0 Å². The molecule has 22 heavy (non-hydrogen) atoms. The molecule has 0 bridgehead atoms. The third-order valence-electron chi connectivity index (χ3n) is 4.36. The molecule has 120 valence electrons. The molecule has 0 aliphatic carbocycles. The molecule has 0 radical (unpaired) electrons. The highest BCUT2D eigenvalue weighted by Crippen LogP contribution is 2.25. The maximum atomic E-state index is 12.6. The normalized spacial score (nSPS) is 22.2. The molecule has 1 aliphatic rings. The number of hydrogen-bond donors (Lipinski definition) is 1. The Morgan fingerprint density at radius 3 is 2.64 bits per heavy atom. The second-order valence-corrected chi connectivity index (χ2v) is 5.93. The summed E-state index contributed by atoms with van der Waals surface area (Å²) in [5, 5.41) is 9.02. The van der Waals surface area contributed by atoms with Crippen molar-refractivity contribution in [1.82, 2.24) is 9.88 Å². The number of carbonyl (C=O) groups excluding carboxylic acids is 1. The molecular formula is C16H22N2O4. The molecule has 1 aromatic rings. The Balaban J connectivity index is 2.15. The average molecular weight is 306 g/mol. The van der Waals surface area contributed by atoms with Crippen LogP contribution in [0.25, 0.3) is 0 Å². The molecule has 1 aromatic heterocycles. The Morgan fingerprint density at radius 2 is 2.05 bits per heavy atom. The molecule has 1 fully saturated rings. The quantitative estimate of drug-likeness (QED) is 0.925. The highest BCUT2D eigenvalue weighted by atomic mass is 16.5. The minimum absolute atomic E-state index is 0.124. The van der Waals surface area contributed by atoms with Gasteiger partial charge in [-0.1, -0.05) is 0 Å². The van der Waals surface area contributed by atoms with E-state index in [1.165, 1.54) is 12.1 Å². The Kier molecular flexibility index (Phi) is 4.81. The third-order valence-corrected chi connectivity index (χ3v) is 4.36. The average Bonchev–Trinajstić information content (AvgIpc) is 2.68. The number of aromatic carboxylic acids is 1. The van der Waals surface area contributed by atoms with Gasteiger partial charge in [-0.15, -0.1) is 0 Å². The van der Waals surface area contributed by atoms with Gasteiger partial charge in [-0.2, -0.15) is 0 Å². The van der Waals surface area contributed by atoms with Crippen molar-refractivity contribution in [3.63, 3.8) is 0 Å². The molecule has 0 saturated carbocycles. The number of ether oxygens (including phenoxy) is 1. The van der Waals surface area contributed by atoms with Gasteiger partial charge < -0.3 is 14.7 Å². The number of hydrogen-bond acceptors (Lipinski definition) is 4. The number of carboxylic acids is 1. The monoisotopic (exact) mass is 306 g/mol. The number of amides is 1. The smallest absolute Gasteiger partial charge is 0.337 e. The number of aromatic nitrogens is 1. The molecule has 0 aromatic carbocycles. The summed E-state index contributed by atoms with van der Waals surface area (Å²) >= 11 is 0. The van der Waals surface area contributed by atoms with Gasteiger partial charge in [0.1, 0.15) is 5.69 Å². The predicted octanol–water partition coefficient (Wildman–Crippen LogP) is 2.12. The number of carbonyl (C=O) groups is 2. The van der Waals surface area contributed by atoms with E-state index in [9.17, 15) is 9.59 Å². The van der Waals surface area contributed by atoms with Crippen LogP contribution < -0.4 is 0 Å². The number of carboxylic acid groups (broad SMARTS) is 1. The van der Waals surface area contributed by atoms with E-state index in [2.05, 4.69) is 11.9 Å². The van der Waals surface area contributed by atoms with E-state index in [4.69, 9.17) is 9.84 Å². The van der Waals surface area contributed by atoms with E-state index < -0.39 is 5.97 Å². The molecule has 6 heteroatoms. The van der Waals surface area contributed by atoms with Crippen molar-refractivity contribution in [1.29, 1.82) is 0 Å². The molecule has 1 N–H and O–H groups in total. The minimum Gasteiger partial charge on any atom is -0.478 e. The number of likely N-dealkylation sites (tertiary alicyclic amines) is 1. The summed E-state index contributed by atoms with van der Waals surface area (Å²) in [6, 6.07) is 2.92. The first-order chi connectivity index (χ1) is 10.4. The van der Waals surface area contributed by atoms with E-state index in [1.54, 1.807) is 18.9 Å². The van der Waals surface area contributed by atoms with Crippen LogP contribution in [0.5, 0.6) is 0 Å². The van der Waals surface area contributed by atoms with Gasteiger partial charge in [-0.25, -0.2) is 9.78 Å². The van der Waals surface area contributed by atoms with E-state index >= 15 is 0 Å². The van der Waals surface area contributed by atoms with E-state index in [0.717, 1.165) is 19.3 Å². The van der Waals surface area contributed by atoms with Crippen LogP contribution in [-0.4, -0.2) is 52.7 Å². The van der Waals surface area contributed by atoms with Crippen LogP contribution >= 0.6 is 0 Å². The molecular weight excluding hydrogens is 284 g/mol. The van der Waals surface area contributed by atoms with Crippen LogP contribution in [0, 0.1) is 6.92 Å². The third kappa shape index (κ3) is 3.44. The number of aryl methyl sites for hydroxylation is 1. The van der Waals surface area contributed by atoms with Crippen LogP contribution in [0.1, 0.15) is 52.7 Å². The summed E-state index contributed by atoms with van der Waals surface area (Å²) in [6.07, 6.45) is 2.57. The van der Waals surface area contributed by atoms with Crippen LogP contribution in [-0.2, 0) is 4.74 Å². The van der Waals surface area contributed by atoms with Crippen molar-refractivity contribution < 1.29 is 19.4 Å². The van der Waals surface area contributed by atoms with Crippen molar-refractivity contribution in [3.8, 4) is 0 Å². The number of methoxy groups -OCH3 is 1. The lowest BCUT2D eigenvalue weighted by atomic mass is 9.97. The number of pyridine rings is 1. The van der Waals surface area contributed by atoms with E-state index in [-0.39, 0.29) is 17.1 Å². The van der Waals surface area contributed by atoms with Gasteiger partial charge in [0, 0.05) is 20.2 Å². The summed E-state index contributed by atoms with van der Waals surface area (Å²) in [5.74, 6) is -1.19. The van der Waals surface area contributed by atoms with Crippen LogP contribution in [0.2, 0.25) is 0 Å². The van der Waals surface area contributed by atoms with Crippen LogP contribution in [0.4, 0.5) is 0 Å². The van der Waals surface area contributed by atoms with Crippen LogP contribution in [0.3, 0.4) is 0 Å². The van der Waals surface area contributed by atoms with Gasteiger partial charge in [0.05, 0.1) is 16.9 Å². The summed E-state index contributed by atoms with van der Waals surface area (Å²) in [4.78, 5) is 29.5. The fourth-order valence-corrected chi connectivity index (χ4v) is 2.73. The van der Waals surface area contributed by atoms with Crippen molar-refractivity contribution in [3.05, 3.63) is 29.1 Å². The first-order valence-electron chi connectivity index (χ1n) is 7.42. The Bertz CT molecular complexity index is 588. The van der Waals surface area contributed by atoms with Crippen molar-refractivity contribution in [2.24, 2.45) is 0 Å². The fourth-order valence-electron chi connectivity index (χ4n) is 2.73. The molecule has 1 amide bonds. The van der Waals surface area contributed by atoms with Crippen molar-refractivity contribution in [2.45, 2.75) is 38.7 Å². The maximum Gasteiger partial charge on any atom is 0.337 e. The molecule has 0 spiro atoms. The van der Waals surface area contributed by atoms with Gasteiger partial charge in [0.2, 0.25) is 0 Å². The zero-order chi connectivity index (χ0) is 16.3. The lowest BCUT2D eigenvalue weighted by molar-refractivity contribution is -0.00539. The first-order valence-corrected chi connectivity index (χ1v) is 7.42. The summed E-state index contributed by atoms with van der Waals surface area (Å²) in [6.45, 7) is 4.94. The largest absolute Gasteiger partial charge is 0.478 e. The van der Waals surface area contributed by atoms with E-state index in [1.807, 2.05) is 0 Å². The maximum absolute atomic E-state index is 12.6. The molecule has 1 saturated heterocycles. The number of rotatable bonds is 3. The standard InChI is InChI=1S/C16H22N2O4/c1-11-12(15(20)21)5-6-13(17-11)14(19)18-9-4-7-16(2,22-3)8-10-18/h5-6H,4,7-10H2,1-3H3,(H,20,21). The molecule has 1 unspecified atom stereocenters. The van der Waals surface area contributed by atoms with Crippen molar-refractivity contribution in [2.75, 3.05) is 20.2 Å². The lowest BCUT2D eigenvalue weighted by Gasteiger charge is -2.26. The second kappa shape index (κ2) is 6.44. The van der Waals surface area contributed by atoms with Gasteiger partial charge in [-0.3, -0.25) is 4.79 Å². The molecule has 1 atom stereocenters. The molecule has 1 aliphatic heterocycles. The van der Waals surface area contributed by atoms with Crippen molar-refractivity contribution >= 4 is 11.9 Å². The topological polar surface area (TPSA) is 79.7 Å². The minimum atomic E-state index is -1.03. The molecule has 2 heterocycles. The second-order valence-electron chi connectivity index (χ2n) is 5.93. The highest BCUT2D eigenvalue weighted by molar-refractivity contribution is 5.94. The summed E-state index contributed by atoms with van der Waals surface area (Å²) in [7, 11) is 1.70. The zero-order valence-corrected chi connectivity index (χ0v) is 13.3.